The van der Waals surface area contributed by atoms with Crippen molar-refractivity contribution >= 4 is 5.91 Å². The molecule has 1 aromatic carbocycles. The van der Waals surface area contributed by atoms with Crippen LogP contribution in [0.5, 0.6) is 5.75 Å². The van der Waals surface area contributed by atoms with Crippen LogP contribution in [0.25, 0.3) is 0 Å². The summed E-state index contributed by atoms with van der Waals surface area (Å²) >= 11 is 0. The second-order valence-corrected chi connectivity index (χ2v) is 4.96. The molecule has 0 spiro atoms. The first-order valence-corrected chi connectivity index (χ1v) is 7.15. The molecule has 1 fully saturated rings. The first-order valence-electron chi connectivity index (χ1n) is 7.15. The van der Waals surface area contributed by atoms with Crippen LogP contribution in [0.4, 0.5) is 4.39 Å². The Labute approximate surface area is 124 Å². The van der Waals surface area contributed by atoms with E-state index in [9.17, 15) is 9.18 Å². The second-order valence-electron chi connectivity index (χ2n) is 4.96. The number of hydrogen-bond acceptors (Lipinski definition) is 4. The fourth-order valence-electron chi connectivity index (χ4n) is 2.08. The predicted molar refractivity (Wildman–Crippen MR) is 76.8 cm³/mol. The van der Waals surface area contributed by atoms with Gasteiger partial charge in [-0.1, -0.05) is 0 Å². The minimum absolute atomic E-state index is 0.174. The monoisotopic (exact) mass is 296 g/mol. The van der Waals surface area contributed by atoms with Crippen LogP contribution in [-0.4, -0.2) is 56.3 Å². The van der Waals surface area contributed by atoms with Gasteiger partial charge < -0.3 is 14.8 Å². The summed E-state index contributed by atoms with van der Waals surface area (Å²) in [6.45, 7) is 6.35. The highest BCUT2D eigenvalue weighted by molar-refractivity contribution is 5.80. The molecule has 1 heterocycles. The van der Waals surface area contributed by atoms with Gasteiger partial charge in [0.2, 0.25) is 0 Å². The summed E-state index contributed by atoms with van der Waals surface area (Å²) in [4.78, 5) is 14.1. The quantitative estimate of drug-likeness (QED) is 0.852. The summed E-state index contributed by atoms with van der Waals surface area (Å²) in [6.07, 6.45) is -0.611. The van der Waals surface area contributed by atoms with Gasteiger partial charge in [0.1, 0.15) is 11.6 Å². The summed E-state index contributed by atoms with van der Waals surface area (Å²) in [5, 5.41) is 2.84. The zero-order chi connectivity index (χ0) is 15.1. The molecular weight excluding hydrogens is 275 g/mol. The highest BCUT2D eigenvalue weighted by Gasteiger charge is 2.15. The summed E-state index contributed by atoms with van der Waals surface area (Å²) < 4.78 is 23.5. The molecule has 1 atom stereocenters. The lowest BCUT2D eigenvalue weighted by Crippen LogP contribution is -2.43. The lowest BCUT2D eigenvalue weighted by Gasteiger charge is -2.26. The Kier molecular flexibility index (Phi) is 5.95. The van der Waals surface area contributed by atoms with Crippen molar-refractivity contribution in [3.05, 3.63) is 30.1 Å². The highest BCUT2D eigenvalue weighted by Crippen LogP contribution is 2.12. The molecule has 1 N–H and O–H groups in total. The number of morpholine rings is 1. The van der Waals surface area contributed by atoms with Crippen LogP contribution >= 0.6 is 0 Å². The molecule has 1 aliphatic heterocycles. The van der Waals surface area contributed by atoms with Crippen LogP contribution in [0, 0.1) is 5.82 Å². The van der Waals surface area contributed by atoms with Gasteiger partial charge in [-0.3, -0.25) is 9.69 Å². The van der Waals surface area contributed by atoms with Gasteiger partial charge in [0.25, 0.3) is 5.91 Å². The van der Waals surface area contributed by atoms with Crippen LogP contribution in [-0.2, 0) is 9.53 Å². The molecule has 6 heteroatoms. The molecule has 1 aliphatic rings. The van der Waals surface area contributed by atoms with E-state index in [0.717, 1.165) is 32.8 Å². The molecule has 1 saturated heterocycles. The zero-order valence-corrected chi connectivity index (χ0v) is 12.2. The topological polar surface area (TPSA) is 50.8 Å². The lowest BCUT2D eigenvalue weighted by molar-refractivity contribution is -0.127. The Bertz CT molecular complexity index is 447. The molecule has 116 valence electrons. The van der Waals surface area contributed by atoms with E-state index in [1.54, 1.807) is 6.92 Å². The van der Waals surface area contributed by atoms with Crippen molar-refractivity contribution in [3.8, 4) is 5.75 Å². The van der Waals surface area contributed by atoms with Crippen LogP contribution in [0.15, 0.2) is 24.3 Å². The van der Waals surface area contributed by atoms with Gasteiger partial charge in [0.15, 0.2) is 6.10 Å². The number of carbonyl (C=O) groups excluding carboxylic acids is 1. The van der Waals surface area contributed by atoms with Gasteiger partial charge in [-0.2, -0.15) is 0 Å². The van der Waals surface area contributed by atoms with E-state index >= 15 is 0 Å². The molecule has 0 unspecified atom stereocenters. The average Bonchev–Trinajstić information content (AvgIpc) is 2.50. The Balaban J connectivity index is 1.68. The lowest BCUT2D eigenvalue weighted by atomic mass is 10.3. The number of rotatable bonds is 6. The van der Waals surface area contributed by atoms with Crippen molar-refractivity contribution in [1.29, 1.82) is 0 Å². The molecular formula is C15H21FN2O3. The van der Waals surface area contributed by atoms with Crippen molar-refractivity contribution in [3.63, 3.8) is 0 Å². The first-order chi connectivity index (χ1) is 10.1. The third-order valence-electron chi connectivity index (χ3n) is 3.33. The Hall–Kier alpha value is -1.66. The molecule has 1 amide bonds. The SMILES string of the molecule is C[C@@H](Oc1ccc(F)cc1)C(=O)NCCN1CCOCC1. The van der Waals surface area contributed by atoms with E-state index in [2.05, 4.69) is 10.2 Å². The summed E-state index contributed by atoms with van der Waals surface area (Å²) in [5.41, 5.74) is 0. The van der Waals surface area contributed by atoms with Crippen molar-refractivity contribution in [2.75, 3.05) is 39.4 Å². The van der Waals surface area contributed by atoms with E-state index in [-0.39, 0.29) is 11.7 Å². The summed E-state index contributed by atoms with van der Waals surface area (Å²) in [6, 6.07) is 5.62. The third-order valence-corrected chi connectivity index (χ3v) is 3.33. The van der Waals surface area contributed by atoms with E-state index in [0.29, 0.717) is 12.3 Å². The number of amides is 1. The number of ether oxygens (including phenoxy) is 2. The molecule has 0 saturated carbocycles. The van der Waals surface area contributed by atoms with Gasteiger partial charge in [-0.05, 0) is 31.2 Å². The first kappa shape index (κ1) is 15.7. The molecule has 0 radical (unpaired) electrons. The number of hydrogen-bond donors (Lipinski definition) is 1. The fraction of sp³-hybridized carbons (Fsp3) is 0.533. The molecule has 0 aromatic heterocycles. The predicted octanol–water partition coefficient (Wildman–Crippen LogP) is 1.04. The molecule has 21 heavy (non-hydrogen) atoms. The van der Waals surface area contributed by atoms with Crippen LogP contribution in [0.1, 0.15) is 6.92 Å². The fourth-order valence-corrected chi connectivity index (χ4v) is 2.08. The normalized spacial score (nSPS) is 17.2. The van der Waals surface area contributed by atoms with Gasteiger partial charge in [0.05, 0.1) is 13.2 Å². The third kappa shape index (κ3) is 5.32. The Morgan fingerprint density at radius 1 is 1.38 bits per heavy atom. The summed E-state index contributed by atoms with van der Waals surface area (Å²) in [5.74, 6) is -0.0234. The van der Waals surface area contributed by atoms with Crippen molar-refractivity contribution in [2.24, 2.45) is 0 Å². The van der Waals surface area contributed by atoms with Crippen LogP contribution in [0.3, 0.4) is 0 Å². The Morgan fingerprint density at radius 3 is 2.71 bits per heavy atom. The minimum Gasteiger partial charge on any atom is -0.481 e. The molecule has 0 bridgehead atoms. The maximum absolute atomic E-state index is 12.8. The van der Waals surface area contributed by atoms with E-state index in [1.807, 2.05) is 0 Å². The maximum atomic E-state index is 12.8. The number of nitrogens with zero attached hydrogens (tertiary/aromatic N) is 1. The van der Waals surface area contributed by atoms with Crippen LogP contribution < -0.4 is 10.1 Å². The number of benzene rings is 1. The van der Waals surface area contributed by atoms with Crippen LogP contribution in [0.2, 0.25) is 0 Å². The highest BCUT2D eigenvalue weighted by atomic mass is 19.1. The second kappa shape index (κ2) is 7.95. The molecule has 5 nitrogen and oxygen atoms in total. The molecule has 1 aromatic rings. The maximum Gasteiger partial charge on any atom is 0.260 e. The molecule has 0 aliphatic carbocycles. The number of halogens is 1. The smallest absolute Gasteiger partial charge is 0.260 e. The minimum atomic E-state index is -0.611. The van der Waals surface area contributed by atoms with Gasteiger partial charge in [0, 0.05) is 26.2 Å². The molecule has 2 rings (SSSR count). The number of carbonyl (C=O) groups is 1. The largest absolute Gasteiger partial charge is 0.481 e. The van der Waals surface area contributed by atoms with E-state index in [4.69, 9.17) is 9.47 Å². The van der Waals surface area contributed by atoms with Crippen molar-refractivity contribution in [2.45, 2.75) is 13.0 Å². The van der Waals surface area contributed by atoms with Gasteiger partial charge in [-0.15, -0.1) is 0 Å². The van der Waals surface area contributed by atoms with E-state index in [1.165, 1.54) is 24.3 Å². The standard InChI is InChI=1S/C15H21FN2O3/c1-12(21-14-4-2-13(16)3-5-14)15(19)17-6-7-18-8-10-20-11-9-18/h2-5,12H,6-11H2,1H3,(H,17,19)/t12-/m1/s1. The van der Waals surface area contributed by atoms with Crippen molar-refractivity contribution < 1.29 is 18.7 Å². The van der Waals surface area contributed by atoms with Gasteiger partial charge in [-0.25, -0.2) is 4.39 Å². The van der Waals surface area contributed by atoms with E-state index < -0.39 is 6.10 Å². The van der Waals surface area contributed by atoms with Crippen molar-refractivity contribution in [1.82, 2.24) is 10.2 Å². The zero-order valence-electron chi connectivity index (χ0n) is 12.2. The summed E-state index contributed by atoms with van der Waals surface area (Å²) in [7, 11) is 0. The van der Waals surface area contributed by atoms with Gasteiger partial charge >= 0.3 is 0 Å². The average molecular weight is 296 g/mol. The number of nitrogens with one attached hydrogen (secondary N) is 1. The Morgan fingerprint density at radius 2 is 2.05 bits per heavy atom.